The standard InChI is InChI=1S/C15H20F2N2O3/c16-14(17)22-12-6-2-1-5-11(12)19-13(21)9-18-15(10-20)7-3-4-8-15/h1-2,5-6,14,18,20H,3-4,7-10H2,(H,19,21). The van der Waals surface area contributed by atoms with Crippen LogP contribution in [-0.4, -0.2) is 36.3 Å². The van der Waals surface area contributed by atoms with Crippen molar-refractivity contribution in [2.24, 2.45) is 0 Å². The third kappa shape index (κ3) is 4.38. The van der Waals surface area contributed by atoms with Gasteiger partial charge in [-0.25, -0.2) is 0 Å². The van der Waals surface area contributed by atoms with E-state index in [1.807, 2.05) is 0 Å². The maximum atomic E-state index is 12.3. The SMILES string of the molecule is O=C(CNC1(CO)CCCC1)Nc1ccccc1OC(F)F. The van der Waals surface area contributed by atoms with Gasteiger partial charge in [-0.05, 0) is 25.0 Å². The number of anilines is 1. The molecule has 2 rings (SSSR count). The Morgan fingerprint density at radius 2 is 2.00 bits per heavy atom. The molecule has 0 radical (unpaired) electrons. The number of para-hydroxylation sites is 2. The summed E-state index contributed by atoms with van der Waals surface area (Å²) >= 11 is 0. The number of alkyl halides is 2. The molecule has 0 unspecified atom stereocenters. The number of aliphatic hydroxyl groups is 1. The molecule has 0 atom stereocenters. The average molecular weight is 314 g/mol. The number of aliphatic hydroxyl groups excluding tert-OH is 1. The van der Waals surface area contributed by atoms with E-state index in [4.69, 9.17) is 0 Å². The molecule has 1 aromatic rings. The molecule has 1 amide bonds. The van der Waals surface area contributed by atoms with Crippen molar-refractivity contribution in [1.29, 1.82) is 0 Å². The summed E-state index contributed by atoms with van der Waals surface area (Å²) in [6.45, 7) is -2.97. The number of carbonyl (C=O) groups excluding carboxylic acids is 1. The Hall–Kier alpha value is -1.73. The molecule has 0 heterocycles. The van der Waals surface area contributed by atoms with Gasteiger partial charge in [0.05, 0.1) is 18.8 Å². The van der Waals surface area contributed by atoms with Crippen LogP contribution in [0.25, 0.3) is 0 Å². The van der Waals surface area contributed by atoms with E-state index in [0.29, 0.717) is 0 Å². The first-order chi connectivity index (χ1) is 10.5. The Bertz CT molecular complexity index is 505. The van der Waals surface area contributed by atoms with Gasteiger partial charge in [-0.3, -0.25) is 4.79 Å². The second kappa shape index (κ2) is 7.51. The molecular formula is C15H20F2N2O3. The fraction of sp³-hybridized carbons (Fsp3) is 0.533. The number of carbonyl (C=O) groups is 1. The van der Waals surface area contributed by atoms with E-state index in [9.17, 15) is 18.7 Å². The first-order valence-electron chi connectivity index (χ1n) is 7.24. The van der Waals surface area contributed by atoms with Crippen LogP contribution in [0.5, 0.6) is 5.75 Å². The molecule has 122 valence electrons. The minimum atomic E-state index is -2.95. The Kier molecular flexibility index (Phi) is 5.68. The quantitative estimate of drug-likeness (QED) is 0.721. The van der Waals surface area contributed by atoms with Crippen LogP contribution in [0.3, 0.4) is 0 Å². The molecule has 0 aliphatic heterocycles. The lowest BCUT2D eigenvalue weighted by atomic mass is 9.99. The van der Waals surface area contributed by atoms with Crippen molar-refractivity contribution in [3.05, 3.63) is 24.3 Å². The highest BCUT2D eigenvalue weighted by Crippen LogP contribution is 2.29. The zero-order chi connectivity index (χ0) is 16.0. The fourth-order valence-electron chi connectivity index (χ4n) is 2.67. The van der Waals surface area contributed by atoms with Gasteiger partial charge in [0.1, 0.15) is 5.75 Å². The lowest BCUT2D eigenvalue weighted by Gasteiger charge is -2.27. The Morgan fingerprint density at radius 3 is 2.64 bits per heavy atom. The van der Waals surface area contributed by atoms with Crippen LogP contribution in [0.1, 0.15) is 25.7 Å². The predicted octanol–water partition coefficient (Wildman–Crippen LogP) is 2.12. The van der Waals surface area contributed by atoms with E-state index < -0.39 is 12.2 Å². The Balaban J connectivity index is 1.92. The first kappa shape index (κ1) is 16.6. The number of benzene rings is 1. The molecule has 7 heteroatoms. The van der Waals surface area contributed by atoms with Gasteiger partial charge in [-0.15, -0.1) is 0 Å². The van der Waals surface area contributed by atoms with E-state index in [0.717, 1.165) is 25.7 Å². The predicted molar refractivity (Wildman–Crippen MR) is 78.0 cm³/mol. The second-order valence-corrected chi connectivity index (χ2v) is 5.42. The number of halogens is 2. The molecule has 5 nitrogen and oxygen atoms in total. The van der Waals surface area contributed by atoms with E-state index in [2.05, 4.69) is 15.4 Å². The van der Waals surface area contributed by atoms with Crippen molar-refractivity contribution in [3.8, 4) is 5.75 Å². The number of rotatable bonds is 7. The monoisotopic (exact) mass is 314 g/mol. The van der Waals surface area contributed by atoms with Crippen molar-refractivity contribution >= 4 is 11.6 Å². The molecule has 22 heavy (non-hydrogen) atoms. The lowest BCUT2D eigenvalue weighted by molar-refractivity contribution is -0.115. The van der Waals surface area contributed by atoms with Gasteiger partial charge in [0, 0.05) is 5.54 Å². The maximum absolute atomic E-state index is 12.3. The third-order valence-electron chi connectivity index (χ3n) is 3.86. The van der Waals surface area contributed by atoms with Gasteiger partial charge in [0.25, 0.3) is 0 Å². The van der Waals surface area contributed by atoms with Crippen molar-refractivity contribution in [2.75, 3.05) is 18.5 Å². The number of hydrogen-bond acceptors (Lipinski definition) is 4. The number of hydrogen-bond donors (Lipinski definition) is 3. The van der Waals surface area contributed by atoms with Crippen LogP contribution in [-0.2, 0) is 4.79 Å². The maximum Gasteiger partial charge on any atom is 0.387 e. The largest absolute Gasteiger partial charge is 0.433 e. The van der Waals surface area contributed by atoms with E-state index in [1.54, 1.807) is 12.1 Å². The zero-order valence-electron chi connectivity index (χ0n) is 12.1. The summed E-state index contributed by atoms with van der Waals surface area (Å²) in [5.74, 6) is -0.450. The van der Waals surface area contributed by atoms with Crippen LogP contribution < -0.4 is 15.4 Å². The summed E-state index contributed by atoms with van der Waals surface area (Å²) in [5, 5.41) is 15.1. The summed E-state index contributed by atoms with van der Waals surface area (Å²) in [6.07, 6.45) is 3.67. The molecule has 3 N–H and O–H groups in total. The molecule has 1 saturated carbocycles. The summed E-state index contributed by atoms with van der Waals surface area (Å²) in [4.78, 5) is 12.0. The molecule has 0 aromatic heterocycles. The third-order valence-corrected chi connectivity index (χ3v) is 3.86. The van der Waals surface area contributed by atoms with Crippen LogP contribution in [0, 0.1) is 0 Å². The van der Waals surface area contributed by atoms with Crippen molar-refractivity contribution < 1.29 is 23.4 Å². The summed E-state index contributed by atoms with van der Waals surface area (Å²) < 4.78 is 29.0. The molecule has 1 fully saturated rings. The van der Waals surface area contributed by atoms with Crippen LogP contribution in [0.4, 0.5) is 14.5 Å². The zero-order valence-corrected chi connectivity index (χ0v) is 12.1. The molecule has 0 spiro atoms. The minimum absolute atomic E-state index is 0.00354. The summed E-state index contributed by atoms with van der Waals surface area (Å²) in [6, 6.07) is 6.02. The van der Waals surface area contributed by atoms with Gasteiger partial charge < -0.3 is 20.5 Å². The van der Waals surface area contributed by atoms with Gasteiger partial charge in [-0.1, -0.05) is 25.0 Å². The van der Waals surface area contributed by atoms with Crippen LogP contribution >= 0.6 is 0 Å². The normalized spacial score (nSPS) is 16.7. The summed E-state index contributed by atoms with van der Waals surface area (Å²) in [5.41, 5.74) is -0.213. The fourth-order valence-corrected chi connectivity index (χ4v) is 2.67. The Morgan fingerprint density at radius 1 is 1.32 bits per heavy atom. The first-order valence-corrected chi connectivity index (χ1v) is 7.24. The van der Waals surface area contributed by atoms with Crippen molar-refractivity contribution in [2.45, 2.75) is 37.8 Å². The van der Waals surface area contributed by atoms with E-state index in [-0.39, 0.29) is 30.5 Å². The number of ether oxygens (including phenoxy) is 1. The molecule has 1 aromatic carbocycles. The van der Waals surface area contributed by atoms with Gasteiger partial charge >= 0.3 is 6.61 Å². The lowest BCUT2D eigenvalue weighted by Crippen LogP contribution is -2.49. The van der Waals surface area contributed by atoms with Gasteiger partial charge in [0.2, 0.25) is 5.91 Å². The van der Waals surface area contributed by atoms with Crippen molar-refractivity contribution in [1.82, 2.24) is 5.32 Å². The van der Waals surface area contributed by atoms with Crippen LogP contribution in [0.15, 0.2) is 24.3 Å². The van der Waals surface area contributed by atoms with Crippen LogP contribution in [0.2, 0.25) is 0 Å². The molecule has 0 saturated heterocycles. The van der Waals surface area contributed by atoms with Gasteiger partial charge in [0.15, 0.2) is 0 Å². The molecule has 1 aliphatic rings. The summed E-state index contributed by atoms with van der Waals surface area (Å²) in [7, 11) is 0. The highest BCUT2D eigenvalue weighted by Gasteiger charge is 2.32. The highest BCUT2D eigenvalue weighted by molar-refractivity contribution is 5.93. The second-order valence-electron chi connectivity index (χ2n) is 5.42. The molecule has 0 bridgehead atoms. The minimum Gasteiger partial charge on any atom is -0.433 e. The topological polar surface area (TPSA) is 70.6 Å². The van der Waals surface area contributed by atoms with Crippen molar-refractivity contribution in [3.63, 3.8) is 0 Å². The van der Waals surface area contributed by atoms with E-state index in [1.165, 1.54) is 12.1 Å². The number of amides is 1. The molecular weight excluding hydrogens is 294 g/mol. The van der Waals surface area contributed by atoms with Gasteiger partial charge in [-0.2, -0.15) is 8.78 Å². The van der Waals surface area contributed by atoms with E-state index >= 15 is 0 Å². The Labute approximate surface area is 127 Å². The molecule has 1 aliphatic carbocycles. The smallest absolute Gasteiger partial charge is 0.387 e. The highest BCUT2D eigenvalue weighted by atomic mass is 19.3. The average Bonchev–Trinajstić information content (AvgIpc) is 2.96. The number of nitrogens with one attached hydrogen (secondary N) is 2.